The van der Waals surface area contributed by atoms with E-state index in [1.54, 1.807) is 0 Å². The molecule has 10 heavy (non-hydrogen) atoms. The van der Waals surface area contributed by atoms with Crippen molar-refractivity contribution in [2.24, 2.45) is 0 Å². The molecule has 0 radical (unpaired) electrons. The first-order chi connectivity index (χ1) is 0. The van der Waals surface area contributed by atoms with Crippen molar-refractivity contribution >= 4 is 69.3 Å². The van der Waals surface area contributed by atoms with Crippen molar-refractivity contribution in [3.63, 3.8) is 0 Å². The van der Waals surface area contributed by atoms with Gasteiger partial charge in [0.2, 0.25) is 0 Å². The molecule has 0 rings (SSSR count). The van der Waals surface area contributed by atoms with E-state index >= 15 is 0 Å². The second-order valence-corrected chi connectivity index (χ2v) is 0. The van der Waals surface area contributed by atoms with Crippen molar-refractivity contribution < 1.29 is 61.3 Å². The van der Waals surface area contributed by atoms with Gasteiger partial charge in [0.15, 0.2) is 0 Å². The first-order valence-corrected chi connectivity index (χ1v) is 0. The molecule has 0 nitrogen and oxygen atoms in total. The molecule has 0 aromatic heterocycles. The Bertz CT molecular complexity index is 8.81. The minimum absolute atomic E-state index is 0. The largest absolute Gasteiger partial charge is 7.00 e. The van der Waals surface area contributed by atoms with Gasteiger partial charge < -0.3 is 69.3 Å². The zero-order chi connectivity index (χ0) is 0. The molecule has 0 aliphatic rings. The minimum atomic E-state index is 0. The van der Waals surface area contributed by atoms with Crippen LogP contribution in [0.3, 0.4) is 0 Å². The maximum absolute atomic E-state index is 0. The molecular formula is P7Re3. The summed E-state index contributed by atoms with van der Waals surface area (Å²) >= 11 is 0. The van der Waals surface area contributed by atoms with E-state index in [1.165, 1.54) is 0 Å². The Hall–Kier alpha value is 5.00. The van der Waals surface area contributed by atoms with Crippen molar-refractivity contribution in [3.05, 3.63) is 0 Å². The van der Waals surface area contributed by atoms with E-state index in [2.05, 4.69) is 0 Å². The topological polar surface area (TPSA) is 0 Å². The van der Waals surface area contributed by atoms with Crippen LogP contribution in [0.4, 0.5) is 0 Å². The zero-order valence-electron chi connectivity index (χ0n) is 4.26. The summed E-state index contributed by atoms with van der Waals surface area (Å²) in [5, 5.41) is 0. The zero-order valence-corrected chi connectivity index (χ0v) is 18.7. The molecule has 0 bridgehead atoms. The molecule has 0 aliphatic heterocycles. The molecule has 0 spiro atoms. The summed E-state index contributed by atoms with van der Waals surface area (Å²) in [5.74, 6) is 0. The summed E-state index contributed by atoms with van der Waals surface area (Å²) in [6.07, 6.45) is 0. The van der Waals surface area contributed by atoms with Gasteiger partial charge in [-0.25, -0.2) is 0 Å². The molecule has 56 valence electrons. The summed E-state index contributed by atoms with van der Waals surface area (Å²) in [7, 11) is 0. The van der Waals surface area contributed by atoms with Crippen LogP contribution in [-0.2, 0) is 61.3 Å². The van der Waals surface area contributed by atoms with E-state index in [4.69, 9.17) is 0 Å². The first-order valence-electron chi connectivity index (χ1n) is 0. The molecule has 10 heteroatoms. The van der Waals surface area contributed by atoms with Crippen molar-refractivity contribution in [2.75, 3.05) is 0 Å². The summed E-state index contributed by atoms with van der Waals surface area (Å²) < 4.78 is 0. The smallest absolute Gasteiger partial charge is 3.00 e. The van der Waals surface area contributed by atoms with E-state index in [9.17, 15) is 0 Å². The second-order valence-electron chi connectivity index (χ2n) is 0. The van der Waals surface area contributed by atoms with E-state index in [1.807, 2.05) is 0 Å². The Kier molecular flexibility index (Phi) is 1110. The van der Waals surface area contributed by atoms with Gasteiger partial charge in [-0.2, -0.15) is 0 Å². The van der Waals surface area contributed by atoms with E-state index in [0.29, 0.717) is 0 Å². The van der Waals surface area contributed by atoms with Gasteiger partial charge in [-0.3, -0.25) is 0 Å². The van der Waals surface area contributed by atoms with E-state index < -0.39 is 0 Å². The van der Waals surface area contributed by atoms with E-state index in [0.717, 1.165) is 0 Å². The van der Waals surface area contributed by atoms with Gasteiger partial charge in [-0.1, -0.05) is 0 Å². The Balaban J connectivity index is 0. The normalized spacial score (nSPS) is 0. The van der Waals surface area contributed by atoms with Crippen LogP contribution in [0.25, 0.3) is 0 Å². The summed E-state index contributed by atoms with van der Waals surface area (Å²) in [5.41, 5.74) is 0. The molecule has 0 heterocycles. The molecule has 0 aromatic carbocycles. The molecule has 0 unspecified atom stereocenters. The van der Waals surface area contributed by atoms with E-state index in [-0.39, 0.29) is 131 Å². The third-order valence-corrected chi connectivity index (χ3v) is 0. The van der Waals surface area contributed by atoms with Gasteiger partial charge in [0.25, 0.3) is 0 Å². The average Bonchev–Trinajstić information content (AvgIpc) is 0. The van der Waals surface area contributed by atoms with Gasteiger partial charge in [0, 0.05) is 0 Å². The molecule has 0 fully saturated rings. The van der Waals surface area contributed by atoms with Gasteiger partial charge in [-0.15, -0.1) is 0 Å². The fourth-order valence-electron chi connectivity index (χ4n) is 0. The minimum Gasteiger partial charge on any atom is -3.00 e. The molecule has 0 aliphatic carbocycles. The van der Waals surface area contributed by atoms with Crippen LogP contribution in [0.5, 0.6) is 0 Å². The summed E-state index contributed by atoms with van der Waals surface area (Å²) in [6, 6.07) is 0. The van der Waals surface area contributed by atoms with Crippen LogP contribution in [0.2, 0.25) is 0 Å². The molecule has 0 saturated heterocycles. The number of hydrogen-bond acceptors (Lipinski definition) is 0. The Morgan fingerprint density at radius 2 is 0.200 bits per heavy atom. The van der Waals surface area contributed by atoms with Gasteiger partial charge in [0.05, 0.1) is 0 Å². The average molecular weight is 775 g/mol. The van der Waals surface area contributed by atoms with Crippen LogP contribution < -0.4 is 0 Å². The SMILES string of the molecule is [P-3].[P-3].[P-3].[P-3].[P-3].[P-3].[P-3].[Re+7].[Re+7].[Re+7]. The predicted molar refractivity (Wildman–Crippen MR) is 48.4 cm³/mol. The molecular weight excluding hydrogens is 775 g/mol. The third kappa shape index (κ3) is 74.9. The molecule has 0 saturated carbocycles. The predicted octanol–water partition coefficient (Wildman–Crippen LogP) is 6.02. The maximum atomic E-state index is 0. The van der Waals surface area contributed by atoms with Gasteiger partial charge in [-0.05, 0) is 0 Å². The van der Waals surface area contributed by atoms with Crippen molar-refractivity contribution in [1.82, 2.24) is 0 Å². The molecule has 0 amide bonds. The second kappa shape index (κ2) is 94.7. The van der Waals surface area contributed by atoms with Crippen LogP contribution in [0.15, 0.2) is 0 Å². The molecule has 0 atom stereocenters. The quantitative estimate of drug-likeness (QED) is 0.265. The number of rotatable bonds is 0. The van der Waals surface area contributed by atoms with Crippen LogP contribution in [0, 0.1) is 0 Å². The Morgan fingerprint density at radius 1 is 0.200 bits per heavy atom. The Morgan fingerprint density at radius 3 is 0.200 bits per heavy atom. The van der Waals surface area contributed by atoms with Crippen molar-refractivity contribution in [1.29, 1.82) is 0 Å². The molecule has 0 N–H and O–H groups in total. The third-order valence-electron chi connectivity index (χ3n) is 0. The number of hydrogen-bond donors (Lipinski definition) is 0. The van der Waals surface area contributed by atoms with Crippen LogP contribution in [0.1, 0.15) is 0 Å². The van der Waals surface area contributed by atoms with Gasteiger partial charge in [0.1, 0.15) is 0 Å². The standard InChI is InChI=1S/7P.3Re/q7*-3;3*+7. The summed E-state index contributed by atoms with van der Waals surface area (Å²) in [6.45, 7) is 0. The fourth-order valence-corrected chi connectivity index (χ4v) is 0. The first kappa shape index (κ1) is 118. The van der Waals surface area contributed by atoms with Crippen molar-refractivity contribution in [3.8, 4) is 0 Å². The van der Waals surface area contributed by atoms with Crippen molar-refractivity contribution in [2.45, 2.75) is 0 Å². The van der Waals surface area contributed by atoms with Crippen LogP contribution in [-0.4, -0.2) is 0 Å². The van der Waals surface area contributed by atoms with Gasteiger partial charge >= 0.3 is 61.3 Å². The fraction of sp³-hybridized carbons (Fsp3) is 0. The monoisotopic (exact) mass is 778 g/mol. The summed E-state index contributed by atoms with van der Waals surface area (Å²) in [4.78, 5) is 0. The maximum Gasteiger partial charge on any atom is 7.00 e. The van der Waals surface area contributed by atoms with Crippen LogP contribution >= 0.6 is 69.3 Å². The molecule has 0 aromatic rings. The Labute approximate surface area is 129 Å².